The van der Waals surface area contributed by atoms with Crippen LogP contribution in [-0.4, -0.2) is 15.9 Å². The number of aromatic amines is 1. The molecule has 132 valence electrons. The Balaban J connectivity index is 1.49. The van der Waals surface area contributed by atoms with Crippen LogP contribution < -0.4 is 4.74 Å². The molecule has 0 aliphatic heterocycles. The molecule has 4 aromatic rings. The largest absolute Gasteiger partial charge is 0.573 e. The predicted molar refractivity (Wildman–Crippen MR) is 93.4 cm³/mol. The van der Waals surface area contributed by atoms with Crippen LogP contribution in [0, 0.1) is 0 Å². The van der Waals surface area contributed by atoms with E-state index in [0.717, 1.165) is 35.0 Å². The van der Waals surface area contributed by atoms with Crippen LogP contribution >= 0.6 is 0 Å². The first-order valence-electron chi connectivity index (χ1n) is 8.42. The fraction of sp³-hybridized carbons (Fsp3) is 0.200. The standard InChI is InChI=1S/C20H15F3N2O/c21-20(22,23)26-15-5-6-18-17(9-15)16-7-14(8-19(16)24-18)25-10-12-3-1-2-4-13(12)11-25/h1-6,9-11,14,24H,7-8H2. The minimum atomic E-state index is -4.68. The maximum atomic E-state index is 12.5. The molecule has 1 atom stereocenters. The van der Waals surface area contributed by atoms with Crippen LogP contribution in [-0.2, 0) is 12.8 Å². The van der Waals surface area contributed by atoms with Crippen LogP contribution in [0.4, 0.5) is 13.2 Å². The molecule has 1 unspecified atom stereocenters. The Labute approximate surface area is 147 Å². The SMILES string of the molecule is FC(F)(F)Oc1ccc2[nH]c3c(c2c1)CC(n1cc2ccccc2c1)C3. The van der Waals surface area contributed by atoms with E-state index >= 15 is 0 Å². The number of nitrogens with zero attached hydrogens (tertiary/aromatic N) is 1. The molecule has 1 aliphatic rings. The molecule has 6 heteroatoms. The van der Waals surface area contributed by atoms with Gasteiger partial charge in [0.05, 0.1) is 0 Å². The van der Waals surface area contributed by atoms with E-state index in [1.54, 1.807) is 6.07 Å². The summed E-state index contributed by atoms with van der Waals surface area (Å²) in [6.07, 6.45) is 1.20. The number of ether oxygens (including phenoxy) is 1. The molecule has 0 saturated heterocycles. The number of H-pyrrole nitrogens is 1. The number of benzene rings is 2. The van der Waals surface area contributed by atoms with Crippen molar-refractivity contribution in [2.24, 2.45) is 0 Å². The average Bonchev–Trinajstić information content (AvgIpc) is 3.24. The normalized spacial score (nSPS) is 17.1. The molecular weight excluding hydrogens is 341 g/mol. The Bertz CT molecular complexity index is 1090. The summed E-state index contributed by atoms with van der Waals surface area (Å²) in [5, 5.41) is 3.18. The third-order valence-corrected chi connectivity index (χ3v) is 5.07. The molecule has 0 spiro atoms. The van der Waals surface area contributed by atoms with E-state index in [9.17, 15) is 13.2 Å². The van der Waals surface area contributed by atoms with Gasteiger partial charge < -0.3 is 14.3 Å². The zero-order chi connectivity index (χ0) is 17.9. The van der Waals surface area contributed by atoms with E-state index in [4.69, 9.17) is 0 Å². The quantitative estimate of drug-likeness (QED) is 0.515. The first-order valence-corrected chi connectivity index (χ1v) is 8.42. The zero-order valence-corrected chi connectivity index (χ0v) is 13.7. The highest BCUT2D eigenvalue weighted by atomic mass is 19.4. The van der Waals surface area contributed by atoms with Gasteiger partial charge in [0.15, 0.2) is 0 Å². The molecule has 0 saturated carbocycles. The van der Waals surface area contributed by atoms with Crippen molar-refractivity contribution in [1.29, 1.82) is 0 Å². The molecule has 0 amide bonds. The molecule has 0 fully saturated rings. The summed E-state index contributed by atoms with van der Waals surface area (Å²) in [4.78, 5) is 3.35. The van der Waals surface area contributed by atoms with Gasteiger partial charge in [0.25, 0.3) is 0 Å². The Morgan fingerprint density at radius 2 is 1.73 bits per heavy atom. The van der Waals surface area contributed by atoms with E-state index < -0.39 is 6.36 Å². The van der Waals surface area contributed by atoms with E-state index in [1.807, 2.05) is 12.1 Å². The molecule has 0 radical (unpaired) electrons. The third-order valence-electron chi connectivity index (χ3n) is 5.07. The summed E-state index contributed by atoms with van der Waals surface area (Å²) in [6.45, 7) is 0. The van der Waals surface area contributed by atoms with Crippen molar-refractivity contribution < 1.29 is 17.9 Å². The van der Waals surface area contributed by atoms with E-state index in [-0.39, 0.29) is 11.8 Å². The molecule has 26 heavy (non-hydrogen) atoms. The summed E-state index contributed by atoms with van der Waals surface area (Å²) in [5.41, 5.74) is 3.02. The molecule has 2 aromatic heterocycles. The predicted octanol–water partition coefficient (Wildman–Crippen LogP) is 5.36. The smallest absolute Gasteiger partial charge is 0.406 e. The van der Waals surface area contributed by atoms with Gasteiger partial charge in [-0.15, -0.1) is 13.2 Å². The average molecular weight is 356 g/mol. The van der Waals surface area contributed by atoms with Gasteiger partial charge in [0, 0.05) is 41.5 Å². The van der Waals surface area contributed by atoms with Crippen LogP contribution in [0.1, 0.15) is 17.3 Å². The summed E-state index contributed by atoms with van der Waals surface area (Å²) in [6, 6.07) is 12.9. The maximum Gasteiger partial charge on any atom is 0.573 e. The highest BCUT2D eigenvalue weighted by Crippen LogP contribution is 2.38. The van der Waals surface area contributed by atoms with Gasteiger partial charge in [-0.3, -0.25) is 0 Å². The summed E-state index contributed by atoms with van der Waals surface area (Å²) in [5.74, 6) is -0.179. The lowest BCUT2D eigenvalue weighted by atomic mass is 10.1. The summed E-state index contributed by atoms with van der Waals surface area (Å²) in [7, 11) is 0. The second-order valence-corrected chi connectivity index (χ2v) is 6.73. The van der Waals surface area contributed by atoms with Crippen molar-refractivity contribution in [1.82, 2.24) is 9.55 Å². The molecule has 1 aliphatic carbocycles. The number of alkyl halides is 3. The van der Waals surface area contributed by atoms with E-state index in [0.29, 0.717) is 0 Å². The van der Waals surface area contributed by atoms with Crippen LogP contribution in [0.15, 0.2) is 54.9 Å². The summed E-state index contributed by atoms with van der Waals surface area (Å²) < 4.78 is 43.8. The third kappa shape index (κ3) is 2.53. The van der Waals surface area contributed by atoms with Crippen molar-refractivity contribution in [2.75, 3.05) is 0 Å². The number of rotatable bonds is 2. The Kier molecular flexibility index (Phi) is 3.13. The second-order valence-electron chi connectivity index (χ2n) is 6.73. The first kappa shape index (κ1) is 15.4. The number of fused-ring (bicyclic) bond motifs is 4. The molecular formula is C20H15F3N2O. The molecule has 5 rings (SSSR count). The van der Waals surface area contributed by atoms with E-state index in [2.05, 4.69) is 38.8 Å². The van der Waals surface area contributed by atoms with Gasteiger partial charge in [-0.2, -0.15) is 0 Å². The first-order chi connectivity index (χ1) is 12.5. The van der Waals surface area contributed by atoms with Crippen molar-refractivity contribution in [3.8, 4) is 5.75 Å². The Morgan fingerprint density at radius 1 is 1.00 bits per heavy atom. The Morgan fingerprint density at radius 3 is 2.42 bits per heavy atom. The van der Waals surface area contributed by atoms with Gasteiger partial charge in [-0.1, -0.05) is 24.3 Å². The zero-order valence-electron chi connectivity index (χ0n) is 13.7. The fourth-order valence-electron chi connectivity index (χ4n) is 3.96. The molecule has 2 aromatic carbocycles. The van der Waals surface area contributed by atoms with Gasteiger partial charge in [-0.05, 0) is 41.0 Å². The monoisotopic (exact) mass is 356 g/mol. The number of nitrogens with one attached hydrogen (secondary N) is 1. The number of hydrogen-bond donors (Lipinski definition) is 1. The summed E-state index contributed by atoms with van der Waals surface area (Å²) >= 11 is 0. The van der Waals surface area contributed by atoms with Crippen molar-refractivity contribution in [3.05, 3.63) is 66.1 Å². The van der Waals surface area contributed by atoms with Gasteiger partial charge in [-0.25, -0.2) is 0 Å². The van der Waals surface area contributed by atoms with Crippen molar-refractivity contribution in [2.45, 2.75) is 25.2 Å². The molecule has 1 N–H and O–H groups in total. The van der Waals surface area contributed by atoms with Crippen LogP contribution in [0.5, 0.6) is 5.75 Å². The van der Waals surface area contributed by atoms with Crippen LogP contribution in [0.2, 0.25) is 0 Å². The maximum absolute atomic E-state index is 12.5. The minimum Gasteiger partial charge on any atom is -0.406 e. The van der Waals surface area contributed by atoms with Crippen molar-refractivity contribution >= 4 is 21.7 Å². The molecule has 3 nitrogen and oxygen atoms in total. The number of hydrogen-bond acceptors (Lipinski definition) is 1. The molecule has 0 bridgehead atoms. The fourth-order valence-corrected chi connectivity index (χ4v) is 3.96. The second kappa shape index (κ2) is 5.30. The van der Waals surface area contributed by atoms with Gasteiger partial charge in [0.1, 0.15) is 5.75 Å². The van der Waals surface area contributed by atoms with Gasteiger partial charge in [0.2, 0.25) is 0 Å². The van der Waals surface area contributed by atoms with Crippen molar-refractivity contribution in [3.63, 3.8) is 0 Å². The van der Waals surface area contributed by atoms with E-state index in [1.165, 1.54) is 22.9 Å². The highest BCUT2D eigenvalue weighted by molar-refractivity contribution is 5.87. The lowest BCUT2D eigenvalue weighted by molar-refractivity contribution is -0.274. The van der Waals surface area contributed by atoms with Crippen LogP contribution in [0.3, 0.4) is 0 Å². The lowest BCUT2D eigenvalue weighted by Gasteiger charge is -2.12. The molecule has 2 heterocycles. The minimum absolute atomic E-state index is 0.179. The lowest BCUT2D eigenvalue weighted by Crippen LogP contribution is -2.17. The number of halogens is 3. The number of aromatic nitrogens is 2. The van der Waals surface area contributed by atoms with Crippen LogP contribution in [0.25, 0.3) is 21.7 Å². The highest BCUT2D eigenvalue weighted by Gasteiger charge is 2.32. The van der Waals surface area contributed by atoms with Gasteiger partial charge >= 0.3 is 6.36 Å². The Hall–Kier alpha value is -2.89. The topological polar surface area (TPSA) is 29.9 Å².